The quantitative estimate of drug-likeness (QED) is 0.456. The van der Waals surface area contributed by atoms with Crippen LogP contribution in [0.1, 0.15) is 22.8 Å². The lowest BCUT2D eigenvalue weighted by Gasteiger charge is -2.19. The Labute approximate surface area is 190 Å². The summed E-state index contributed by atoms with van der Waals surface area (Å²) in [6.45, 7) is 1.05. The van der Waals surface area contributed by atoms with Crippen molar-refractivity contribution in [3.8, 4) is 22.9 Å². The van der Waals surface area contributed by atoms with Crippen LogP contribution >= 0.6 is 0 Å². The predicted molar refractivity (Wildman–Crippen MR) is 122 cm³/mol. The highest BCUT2D eigenvalue weighted by Gasteiger charge is 2.31. The molecule has 0 bridgehead atoms. The Morgan fingerprint density at radius 2 is 1.91 bits per heavy atom. The van der Waals surface area contributed by atoms with Crippen LogP contribution < -0.4 is 9.47 Å². The molecular formula is C25H23FN4O3. The van der Waals surface area contributed by atoms with Crippen LogP contribution in [0.2, 0.25) is 0 Å². The van der Waals surface area contributed by atoms with E-state index in [2.05, 4.69) is 9.55 Å². The molecule has 33 heavy (non-hydrogen) atoms. The van der Waals surface area contributed by atoms with Crippen LogP contribution in [0.15, 0.2) is 60.8 Å². The Balaban J connectivity index is 1.47. The van der Waals surface area contributed by atoms with Crippen LogP contribution in [0.5, 0.6) is 11.5 Å². The number of hydrogen-bond donors (Lipinski definition) is 0. The summed E-state index contributed by atoms with van der Waals surface area (Å²) in [5.74, 6) is 0.920. The van der Waals surface area contributed by atoms with Gasteiger partial charge < -0.3 is 18.9 Å². The van der Waals surface area contributed by atoms with Crippen LogP contribution in [0.3, 0.4) is 0 Å². The normalized spacial score (nSPS) is 15.7. The number of benzene rings is 2. The fourth-order valence-electron chi connectivity index (χ4n) is 4.34. The molecule has 4 aromatic rings. The molecule has 1 aliphatic rings. The predicted octanol–water partition coefficient (Wildman–Crippen LogP) is 4.34. The molecule has 2 aromatic heterocycles. The van der Waals surface area contributed by atoms with Crippen molar-refractivity contribution in [2.75, 3.05) is 27.3 Å². The van der Waals surface area contributed by atoms with Gasteiger partial charge in [0.05, 0.1) is 20.3 Å². The fraction of sp³-hybridized carbons (Fsp3) is 0.240. The van der Waals surface area contributed by atoms with Crippen LogP contribution in [-0.4, -0.2) is 52.7 Å². The van der Waals surface area contributed by atoms with Gasteiger partial charge in [0.2, 0.25) is 0 Å². The molecule has 0 saturated carbocycles. The molecule has 8 heteroatoms. The van der Waals surface area contributed by atoms with Gasteiger partial charge in [-0.1, -0.05) is 0 Å². The van der Waals surface area contributed by atoms with Gasteiger partial charge in [0.1, 0.15) is 17.1 Å². The first-order chi connectivity index (χ1) is 16.1. The van der Waals surface area contributed by atoms with E-state index in [-0.39, 0.29) is 17.7 Å². The number of methoxy groups -OCH3 is 2. The monoisotopic (exact) mass is 446 g/mol. The van der Waals surface area contributed by atoms with E-state index in [1.165, 1.54) is 19.2 Å². The van der Waals surface area contributed by atoms with Crippen LogP contribution in [0, 0.1) is 5.82 Å². The van der Waals surface area contributed by atoms with Crippen molar-refractivity contribution in [1.82, 2.24) is 19.4 Å². The number of carbonyl (C=O) groups is 1. The lowest BCUT2D eigenvalue weighted by Crippen LogP contribution is -2.29. The molecule has 0 spiro atoms. The minimum absolute atomic E-state index is 0.00551. The molecule has 1 fully saturated rings. The minimum Gasteiger partial charge on any atom is -0.497 e. The van der Waals surface area contributed by atoms with E-state index in [1.807, 2.05) is 36.4 Å². The molecule has 7 nitrogen and oxygen atoms in total. The lowest BCUT2D eigenvalue weighted by atomic mass is 10.1. The molecule has 2 aromatic carbocycles. The molecule has 1 saturated heterocycles. The van der Waals surface area contributed by atoms with Gasteiger partial charge in [-0.05, 0) is 61.0 Å². The maximum absolute atomic E-state index is 14.1. The summed E-state index contributed by atoms with van der Waals surface area (Å²) in [6, 6.07) is 15.8. The fourth-order valence-corrected chi connectivity index (χ4v) is 4.34. The highest BCUT2D eigenvalue weighted by molar-refractivity contribution is 5.94. The molecule has 5 rings (SSSR count). The maximum Gasteiger partial charge on any atom is 0.254 e. The summed E-state index contributed by atoms with van der Waals surface area (Å²) in [5.41, 5.74) is 2.82. The Morgan fingerprint density at radius 1 is 1.09 bits per heavy atom. The highest BCUT2D eigenvalue weighted by atomic mass is 19.1. The van der Waals surface area contributed by atoms with Gasteiger partial charge in [0.25, 0.3) is 5.91 Å². The summed E-state index contributed by atoms with van der Waals surface area (Å²) in [4.78, 5) is 24.2. The third kappa shape index (κ3) is 3.77. The van der Waals surface area contributed by atoms with Crippen LogP contribution in [0.25, 0.3) is 22.6 Å². The van der Waals surface area contributed by atoms with Crippen molar-refractivity contribution in [2.24, 2.45) is 0 Å². The van der Waals surface area contributed by atoms with Gasteiger partial charge in [0.15, 0.2) is 17.2 Å². The van der Waals surface area contributed by atoms with E-state index in [9.17, 15) is 9.18 Å². The number of rotatable bonds is 5. The molecule has 1 atom stereocenters. The summed E-state index contributed by atoms with van der Waals surface area (Å²) < 4.78 is 26.5. The second-order valence-corrected chi connectivity index (χ2v) is 7.92. The topological polar surface area (TPSA) is 69.5 Å². The average molecular weight is 446 g/mol. The Morgan fingerprint density at radius 3 is 2.64 bits per heavy atom. The Bertz CT molecular complexity index is 1320. The Hall–Kier alpha value is -3.94. The van der Waals surface area contributed by atoms with Gasteiger partial charge in [-0.3, -0.25) is 4.79 Å². The number of fused-ring (bicyclic) bond motifs is 1. The number of hydrogen-bond acceptors (Lipinski definition) is 5. The second-order valence-electron chi connectivity index (χ2n) is 7.92. The van der Waals surface area contributed by atoms with E-state index in [4.69, 9.17) is 14.5 Å². The van der Waals surface area contributed by atoms with E-state index < -0.39 is 5.82 Å². The zero-order valence-electron chi connectivity index (χ0n) is 18.4. The lowest BCUT2D eigenvalue weighted by molar-refractivity contribution is 0.0787. The third-order valence-electron chi connectivity index (χ3n) is 6.01. The van der Waals surface area contributed by atoms with Crippen molar-refractivity contribution in [1.29, 1.82) is 0 Å². The number of imidazole rings is 1. The van der Waals surface area contributed by atoms with E-state index in [1.54, 1.807) is 24.3 Å². The highest BCUT2D eigenvalue weighted by Crippen LogP contribution is 2.33. The van der Waals surface area contributed by atoms with E-state index in [0.29, 0.717) is 18.7 Å². The number of ether oxygens (including phenoxy) is 2. The summed E-state index contributed by atoms with van der Waals surface area (Å²) in [7, 11) is 3.03. The summed E-state index contributed by atoms with van der Waals surface area (Å²) >= 11 is 0. The van der Waals surface area contributed by atoms with Crippen molar-refractivity contribution in [3.63, 3.8) is 0 Å². The van der Waals surface area contributed by atoms with Crippen LogP contribution in [-0.2, 0) is 0 Å². The molecule has 0 unspecified atom stereocenters. The van der Waals surface area contributed by atoms with Gasteiger partial charge >= 0.3 is 0 Å². The molecule has 0 radical (unpaired) electrons. The van der Waals surface area contributed by atoms with Gasteiger partial charge in [-0.2, -0.15) is 0 Å². The number of likely N-dealkylation sites (tertiary alicyclic amines) is 1. The standard InChI is InChI=1S/C25H23FN4O3/c1-32-19-8-5-16(6-9-19)23-28-21-4-3-12-27-24(21)30(23)18-11-13-29(15-18)25(31)17-7-10-22(33-2)20(26)14-17/h3-10,12,14,18H,11,13,15H2,1-2H3/t18-/m0/s1. The first-order valence-electron chi connectivity index (χ1n) is 10.7. The van der Waals surface area contributed by atoms with Crippen molar-refractivity contribution in [2.45, 2.75) is 12.5 Å². The largest absolute Gasteiger partial charge is 0.497 e. The van der Waals surface area contributed by atoms with Crippen molar-refractivity contribution < 1.29 is 18.7 Å². The first kappa shape index (κ1) is 20.9. The minimum atomic E-state index is -0.550. The zero-order valence-corrected chi connectivity index (χ0v) is 18.4. The van der Waals surface area contributed by atoms with Crippen molar-refractivity contribution in [3.05, 3.63) is 72.2 Å². The molecule has 1 aliphatic heterocycles. The summed E-state index contributed by atoms with van der Waals surface area (Å²) in [6.07, 6.45) is 2.49. The summed E-state index contributed by atoms with van der Waals surface area (Å²) in [5, 5.41) is 0. The molecule has 168 valence electrons. The average Bonchev–Trinajstić information content (AvgIpc) is 3.48. The number of aromatic nitrogens is 3. The molecule has 0 N–H and O–H groups in total. The second kappa shape index (κ2) is 8.54. The number of nitrogens with zero attached hydrogens (tertiary/aromatic N) is 4. The number of carbonyl (C=O) groups excluding carboxylic acids is 1. The van der Waals surface area contributed by atoms with Gasteiger partial charge in [0, 0.05) is 30.4 Å². The first-order valence-corrected chi connectivity index (χ1v) is 10.7. The number of halogens is 1. The molecular weight excluding hydrogens is 423 g/mol. The maximum atomic E-state index is 14.1. The van der Waals surface area contributed by atoms with Crippen LogP contribution in [0.4, 0.5) is 4.39 Å². The third-order valence-corrected chi connectivity index (χ3v) is 6.01. The number of amides is 1. The Kier molecular flexibility index (Phi) is 5.42. The molecule has 0 aliphatic carbocycles. The van der Waals surface area contributed by atoms with E-state index >= 15 is 0 Å². The smallest absolute Gasteiger partial charge is 0.254 e. The van der Waals surface area contributed by atoms with Gasteiger partial charge in [-0.15, -0.1) is 0 Å². The number of pyridine rings is 1. The van der Waals surface area contributed by atoms with E-state index in [0.717, 1.165) is 34.7 Å². The SMILES string of the molecule is COc1ccc(-c2nc3cccnc3n2[C@H]2CCN(C(=O)c3ccc(OC)c(F)c3)C2)cc1. The van der Waals surface area contributed by atoms with Gasteiger partial charge in [-0.25, -0.2) is 14.4 Å². The molecule has 3 heterocycles. The molecule has 1 amide bonds. The zero-order chi connectivity index (χ0) is 22.9. The van der Waals surface area contributed by atoms with Crippen molar-refractivity contribution >= 4 is 17.1 Å².